The molecule has 3 aromatic carbocycles. The average Bonchev–Trinajstić information content (AvgIpc) is 2.97. The Morgan fingerprint density at radius 1 is 0.871 bits per heavy atom. The molecule has 0 radical (unpaired) electrons. The van der Waals surface area contributed by atoms with Crippen molar-refractivity contribution in [3.05, 3.63) is 106 Å². The lowest BCUT2D eigenvalue weighted by molar-refractivity contribution is -0.137. The summed E-state index contributed by atoms with van der Waals surface area (Å²) in [6.45, 7) is 4.04. The predicted octanol–water partition coefficient (Wildman–Crippen LogP) is 5.49. The van der Waals surface area contributed by atoms with Gasteiger partial charge in [-0.25, -0.2) is 4.39 Å². The van der Waals surface area contributed by atoms with Crippen molar-refractivity contribution in [3.8, 4) is 0 Å². The van der Waals surface area contributed by atoms with E-state index >= 15 is 0 Å². The first-order valence-corrected chi connectivity index (χ1v) is 10.2. The smallest absolute Gasteiger partial charge is 0.278 e. The molecule has 6 heteroatoms. The minimum Gasteiger partial charge on any atom is -0.350 e. The highest BCUT2D eigenvalue weighted by Crippen LogP contribution is 2.32. The van der Waals surface area contributed by atoms with Crippen LogP contribution in [-0.2, 0) is 16.1 Å². The van der Waals surface area contributed by atoms with Gasteiger partial charge in [-0.05, 0) is 72.5 Å². The molecule has 3 aromatic rings. The summed E-state index contributed by atoms with van der Waals surface area (Å²) in [5.41, 5.74) is 4.65. The number of benzene rings is 3. The Hall–Kier alpha value is -3.44. The fourth-order valence-corrected chi connectivity index (χ4v) is 3.58. The number of hydrogen-bond donors (Lipinski definition) is 1. The zero-order valence-corrected chi connectivity index (χ0v) is 17.8. The molecule has 2 amide bonds. The van der Waals surface area contributed by atoms with Crippen LogP contribution in [0.3, 0.4) is 0 Å². The van der Waals surface area contributed by atoms with Gasteiger partial charge in [0.05, 0.1) is 12.1 Å². The van der Waals surface area contributed by atoms with E-state index in [0.29, 0.717) is 21.8 Å². The van der Waals surface area contributed by atoms with Crippen molar-refractivity contribution in [2.45, 2.75) is 20.4 Å². The first-order chi connectivity index (χ1) is 14.8. The number of carbonyl (C=O) groups excluding carboxylic acids is 2. The number of amides is 2. The third kappa shape index (κ3) is 4.23. The molecule has 1 aliphatic heterocycles. The number of aryl methyl sites for hydroxylation is 2. The predicted molar refractivity (Wildman–Crippen MR) is 120 cm³/mol. The first kappa shape index (κ1) is 20.8. The summed E-state index contributed by atoms with van der Waals surface area (Å²) in [6, 6.07) is 18.3. The van der Waals surface area contributed by atoms with Gasteiger partial charge in [-0.15, -0.1) is 0 Å². The molecule has 4 rings (SSSR count). The van der Waals surface area contributed by atoms with E-state index in [-0.39, 0.29) is 23.6 Å². The van der Waals surface area contributed by atoms with E-state index in [0.717, 1.165) is 11.1 Å². The van der Waals surface area contributed by atoms with Gasteiger partial charge in [-0.3, -0.25) is 14.5 Å². The minimum atomic E-state index is -0.433. The summed E-state index contributed by atoms with van der Waals surface area (Å²) < 4.78 is 13.3. The highest BCUT2D eigenvalue weighted by atomic mass is 35.5. The first-order valence-electron chi connectivity index (χ1n) is 9.78. The second-order valence-corrected chi connectivity index (χ2v) is 7.94. The number of rotatable bonds is 5. The number of anilines is 1. The van der Waals surface area contributed by atoms with E-state index in [2.05, 4.69) is 5.32 Å². The molecule has 1 N–H and O–H groups in total. The number of nitrogens with zero attached hydrogens (tertiary/aromatic N) is 1. The van der Waals surface area contributed by atoms with Crippen molar-refractivity contribution in [2.24, 2.45) is 0 Å². The molecule has 0 saturated heterocycles. The lowest BCUT2D eigenvalue weighted by atomic mass is 10.0. The highest BCUT2D eigenvalue weighted by Gasteiger charge is 2.39. The Bertz CT molecular complexity index is 1200. The quantitative estimate of drug-likeness (QED) is 0.540. The Balaban J connectivity index is 1.74. The molecule has 1 aliphatic rings. The molecule has 0 unspecified atom stereocenters. The zero-order valence-electron chi connectivity index (χ0n) is 17.1. The van der Waals surface area contributed by atoms with Crippen molar-refractivity contribution < 1.29 is 14.0 Å². The largest absolute Gasteiger partial charge is 0.350 e. The van der Waals surface area contributed by atoms with Crippen LogP contribution >= 0.6 is 11.6 Å². The molecule has 31 heavy (non-hydrogen) atoms. The lowest BCUT2D eigenvalue weighted by Gasteiger charge is -2.15. The molecule has 0 spiro atoms. The van der Waals surface area contributed by atoms with Crippen LogP contribution in [0.1, 0.15) is 22.3 Å². The molecular formula is C25H20ClFN2O2. The second kappa shape index (κ2) is 8.36. The molecule has 4 nitrogen and oxygen atoms in total. The number of hydrogen-bond acceptors (Lipinski definition) is 3. The van der Waals surface area contributed by atoms with Crippen LogP contribution in [0.2, 0.25) is 5.02 Å². The third-order valence-electron chi connectivity index (χ3n) is 5.33. The van der Waals surface area contributed by atoms with Crippen LogP contribution in [0, 0.1) is 19.7 Å². The van der Waals surface area contributed by atoms with Crippen LogP contribution in [0.5, 0.6) is 0 Å². The summed E-state index contributed by atoms with van der Waals surface area (Å²) in [6.07, 6.45) is 0. The Labute approximate surface area is 185 Å². The summed E-state index contributed by atoms with van der Waals surface area (Å²) in [7, 11) is 0. The van der Waals surface area contributed by atoms with E-state index in [4.69, 9.17) is 11.6 Å². The zero-order chi connectivity index (χ0) is 22.1. The molecule has 0 atom stereocenters. The Morgan fingerprint density at radius 2 is 1.55 bits per heavy atom. The monoisotopic (exact) mass is 434 g/mol. The van der Waals surface area contributed by atoms with Crippen LogP contribution in [-0.4, -0.2) is 16.7 Å². The maximum Gasteiger partial charge on any atom is 0.278 e. The molecule has 1 heterocycles. The molecular weight excluding hydrogens is 415 g/mol. The van der Waals surface area contributed by atoms with Gasteiger partial charge in [0, 0.05) is 10.7 Å². The molecule has 0 bridgehead atoms. The van der Waals surface area contributed by atoms with E-state index in [1.807, 2.05) is 32.0 Å². The Kier molecular flexibility index (Phi) is 5.61. The summed E-state index contributed by atoms with van der Waals surface area (Å²) >= 11 is 6.01. The fraction of sp³-hybridized carbons (Fsp3) is 0.120. The van der Waals surface area contributed by atoms with Crippen molar-refractivity contribution in [3.63, 3.8) is 0 Å². The standard InChI is InChI=1S/C25H20ClFN2O2/c1-15-3-12-21(13-16(15)2)28-23-22(18-6-8-19(26)9-7-18)24(30)29(25(23)31)14-17-4-10-20(27)11-5-17/h3-13,28H,14H2,1-2H3. The lowest BCUT2D eigenvalue weighted by Crippen LogP contribution is -2.32. The van der Waals surface area contributed by atoms with Crippen LogP contribution in [0.4, 0.5) is 10.1 Å². The summed E-state index contributed by atoms with van der Waals surface area (Å²) in [5.74, 6) is -1.22. The fourth-order valence-electron chi connectivity index (χ4n) is 3.46. The van der Waals surface area contributed by atoms with E-state index < -0.39 is 11.8 Å². The van der Waals surface area contributed by atoms with E-state index in [1.165, 1.54) is 17.0 Å². The van der Waals surface area contributed by atoms with Crippen molar-refractivity contribution in [1.29, 1.82) is 0 Å². The maximum absolute atomic E-state index is 13.3. The normalized spacial score (nSPS) is 13.9. The van der Waals surface area contributed by atoms with Gasteiger partial charge in [-0.2, -0.15) is 0 Å². The van der Waals surface area contributed by atoms with Gasteiger partial charge in [-0.1, -0.05) is 41.9 Å². The number of nitrogens with one attached hydrogen (secondary N) is 1. The van der Waals surface area contributed by atoms with Gasteiger partial charge >= 0.3 is 0 Å². The Morgan fingerprint density at radius 3 is 2.19 bits per heavy atom. The molecule has 0 aliphatic carbocycles. The SMILES string of the molecule is Cc1ccc(NC2=C(c3ccc(Cl)cc3)C(=O)N(Cc3ccc(F)cc3)C2=O)cc1C. The average molecular weight is 435 g/mol. The summed E-state index contributed by atoms with van der Waals surface area (Å²) in [4.78, 5) is 27.7. The highest BCUT2D eigenvalue weighted by molar-refractivity contribution is 6.36. The van der Waals surface area contributed by atoms with Crippen LogP contribution < -0.4 is 5.32 Å². The van der Waals surface area contributed by atoms with Gasteiger partial charge in [0.2, 0.25) is 0 Å². The van der Waals surface area contributed by atoms with E-state index in [1.54, 1.807) is 36.4 Å². The van der Waals surface area contributed by atoms with Gasteiger partial charge in [0.25, 0.3) is 11.8 Å². The minimum absolute atomic E-state index is 0.0488. The molecule has 0 aromatic heterocycles. The molecule has 156 valence electrons. The van der Waals surface area contributed by atoms with Crippen LogP contribution in [0.15, 0.2) is 72.4 Å². The third-order valence-corrected chi connectivity index (χ3v) is 5.58. The number of halogens is 2. The van der Waals surface area contributed by atoms with Crippen molar-refractivity contribution in [1.82, 2.24) is 4.90 Å². The van der Waals surface area contributed by atoms with Gasteiger partial charge in [0.1, 0.15) is 11.5 Å². The van der Waals surface area contributed by atoms with Crippen LogP contribution in [0.25, 0.3) is 5.57 Å². The topological polar surface area (TPSA) is 49.4 Å². The second-order valence-electron chi connectivity index (χ2n) is 7.50. The van der Waals surface area contributed by atoms with E-state index in [9.17, 15) is 14.0 Å². The van der Waals surface area contributed by atoms with Gasteiger partial charge in [0.15, 0.2) is 0 Å². The number of imide groups is 1. The molecule has 0 fully saturated rings. The maximum atomic E-state index is 13.3. The summed E-state index contributed by atoms with van der Waals surface area (Å²) in [5, 5.41) is 3.69. The van der Waals surface area contributed by atoms with Gasteiger partial charge < -0.3 is 5.32 Å². The van der Waals surface area contributed by atoms with Crippen molar-refractivity contribution in [2.75, 3.05) is 5.32 Å². The molecule has 0 saturated carbocycles. The van der Waals surface area contributed by atoms with Crippen molar-refractivity contribution >= 4 is 34.7 Å². The number of carbonyl (C=O) groups is 2.